The SMILES string of the molecule is CCC(C)C1=C/C(=C(\c2ccc(O)c(C(C)CC)c2)c2ccccc2C(=O)O)C=CC1=O. The lowest BCUT2D eigenvalue weighted by molar-refractivity contribution is -0.111. The number of ketones is 1. The summed E-state index contributed by atoms with van der Waals surface area (Å²) in [6.45, 7) is 8.18. The minimum atomic E-state index is -1.01. The summed E-state index contributed by atoms with van der Waals surface area (Å²) in [6, 6.07) is 12.3. The number of allylic oxidation sites excluding steroid dienone is 5. The molecule has 1 aliphatic rings. The molecule has 3 rings (SSSR count). The van der Waals surface area contributed by atoms with Crippen LogP contribution in [-0.2, 0) is 4.79 Å². The second-order valence-corrected chi connectivity index (χ2v) is 8.37. The number of aromatic carboxylic acids is 1. The number of benzene rings is 2. The van der Waals surface area contributed by atoms with Crippen LogP contribution in [0.5, 0.6) is 5.75 Å². The van der Waals surface area contributed by atoms with E-state index in [9.17, 15) is 19.8 Å². The monoisotopic (exact) mass is 430 g/mol. The first-order chi connectivity index (χ1) is 15.3. The molecule has 0 saturated carbocycles. The third-order valence-electron chi connectivity index (χ3n) is 6.33. The zero-order valence-corrected chi connectivity index (χ0v) is 19.1. The number of hydrogen-bond donors (Lipinski definition) is 2. The van der Waals surface area contributed by atoms with Crippen LogP contribution in [0, 0.1) is 5.92 Å². The Morgan fingerprint density at radius 1 is 0.938 bits per heavy atom. The summed E-state index contributed by atoms with van der Waals surface area (Å²) in [5.74, 6) is -0.565. The normalized spacial score (nSPS) is 17.0. The van der Waals surface area contributed by atoms with Gasteiger partial charge in [0.15, 0.2) is 5.78 Å². The molecule has 0 heterocycles. The molecule has 0 radical (unpaired) electrons. The van der Waals surface area contributed by atoms with Crippen LogP contribution in [0.15, 0.2) is 71.8 Å². The number of rotatable bonds is 7. The molecule has 2 N–H and O–H groups in total. The summed E-state index contributed by atoms with van der Waals surface area (Å²) in [6.07, 6.45) is 6.91. The first kappa shape index (κ1) is 23.3. The predicted octanol–water partition coefficient (Wildman–Crippen LogP) is 6.52. The molecule has 2 atom stereocenters. The molecule has 2 unspecified atom stereocenters. The molecule has 0 aliphatic heterocycles. The molecule has 2 aromatic carbocycles. The molecule has 4 nitrogen and oxygen atoms in total. The number of carbonyl (C=O) groups is 2. The second-order valence-electron chi connectivity index (χ2n) is 8.37. The van der Waals surface area contributed by atoms with Crippen molar-refractivity contribution in [2.45, 2.75) is 46.5 Å². The van der Waals surface area contributed by atoms with E-state index < -0.39 is 5.97 Å². The minimum absolute atomic E-state index is 0.0139. The number of carbonyl (C=O) groups excluding carboxylic acids is 1. The van der Waals surface area contributed by atoms with Crippen LogP contribution in [0.3, 0.4) is 0 Å². The van der Waals surface area contributed by atoms with Crippen LogP contribution in [0.4, 0.5) is 0 Å². The van der Waals surface area contributed by atoms with Gasteiger partial charge in [-0.05, 0) is 82.9 Å². The maximum Gasteiger partial charge on any atom is 0.336 e. The lowest BCUT2D eigenvalue weighted by atomic mass is 9.83. The van der Waals surface area contributed by atoms with Gasteiger partial charge < -0.3 is 10.2 Å². The van der Waals surface area contributed by atoms with E-state index in [0.717, 1.165) is 40.7 Å². The number of hydrogen-bond acceptors (Lipinski definition) is 3. The Morgan fingerprint density at radius 2 is 1.59 bits per heavy atom. The van der Waals surface area contributed by atoms with E-state index in [-0.39, 0.29) is 28.9 Å². The summed E-state index contributed by atoms with van der Waals surface area (Å²) in [5, 5.41) is 20.3. The van der Waals surface area contributed by atoms with Crippen molar-refractivity contribution in [1.29, 1.82) is 0 Å². The Hall–Kier alpha value is -3.40. The fraction of sp³-hybridized carbons (Fsp3) is 0.286. The van der Waals surface area contributed by atoms with Crippen LogP contribution >= 0.6 is 0 Å². The van der Waals surface area contributed by atoms with Crippen molar-refractivity contribution in [2.75, 3.05) is 0 Å². The van der Waals surface area contributed by atoms with Crippen LogP contribution < -0.4 is 0 Å². The van der Waals surface area contributed by atoms with Gasteiger partial charge in [-0.1, -0.05) is 58.0 Å². The second kappa shape index (κ2) is 9.82. The Labute approximate surface area is 189 Å². The zero-order chi connectivity index (χ0) is 23.4. The Kier molecular flexibility index (Phi) is 7.14. The topological polar surface area (TPSA) is 74.6 Å². The van der Waals surface area contributed by atoms with Gasteiger partial charge in [0.05, 0.1) is 5.56 Å². The fourth-order valence-corrected chi connectivity index (χ4v) is 4.00. The lowest BCUT2D eigenvalue weighted by Crippen LogP contribution is -2.12. The van der Waals surface area contributed by atoms with Crippen molar-refractivity contribution in [3.05, 3.63) is 94.1 Å². The van der Waals surface area contributed by atoms with Gasteiger partial charge in [0.2, 0.25) is 0 Å². The van der Waals surface area contributed by atoms with Gasteiger partial charge in [-0.3, -0.25) is 4.79 Å². The molecule has 0 fully saturated rings. The summed E-state index contributed by atoms with van der Waals surface area (Å²) >= 11 is 0. The van der Waals surface area contributed by atoms with Gasteiger partial charge in [-0.2, -0.15) is 0 Å². The third kappa shape index (κ3) is 4.59. The van der Waals surface area contributed by atoms with E-state index in [2.05, 4.69) is 13.8 Å². The van der Waals surface area contributed by atoms with Crippen molar-refractivity contribution >= 4 is 17.3 Å². The van der Waals surface area contributed by atoms with Crippen molar-refractivity contribution in [2.24, 2.45) is 5.92 Å². The average Bonchev–Trinajstić information content (AvgIpc) is 2.80. The third-order valence-corrected chi connectivity index (χ3v) is 6.33. The highest BCUT2D eigenvalue weighted by Gasteiger charge is 2.23. The highest BCUT2D eigenvalue weighted by molar-refractivity contribution is 6.08. The van der Waals surface area contributed by atoms with Crippen LogP contribution in [0.1, 0.15) is 73.5 Å². The van der Waals surface area contributed by atoms with Gasteiger partial charge in [0.1, 0.15) is 5.75 Å². The molecule has 0 spiro atoms. The number of phenols is 1. The van der Waals surface area contributed by atoms with Crippen LogP contribution in [0.25, 0.3) is 5.57 Å². The summed E-state index contributed by atoms with van der Waals surface area (Å²) in [5.41, 5.74) is 4.63. The zero-order valence-electron chi connectivity index (χ0n) is 19.1. The maximum absolute atomic E-state index is 12.5. The van der Waals surface area contributed by atoms with E-state index in [1.54, 1.807) is 36.4 Å². The molecule has 4 heteroatoms. The van der Waals surface area contributed by atoms with Gasteiger partial charge >= 0.3 is 5.97 Å². The summed E-state index contributed by atoms with van der Waals surface area (Å²) in [4.78, 5) is 24.6. The average molecular weight is 431 g/mol. The van der Waals surface area contributed by atoms with Crippen molar-refractivity contribution in [3.8, 4) is 5.75 Å². The molecule has 0 amide bonds. The summed E-state index contributed by atoms with van der Waals surface area (Å²) < 4.78 is 0. The Morgan fingerprint density at radius 3 is 2.22 bits per heavy atom. The molecule has 32 heavy (non-hydrogen) atoms. The first-order valence-corrected chi connectivity index (χ1v) is 11.1. The van der Waals surface area contributed by atoms with Crippen LogP contribution in [-0.4, -0.2) is 22.0 Å². The number of phenolic OH excluding ortho intramolecular Hbond substituents is 1. The fourth-order valence-electron chi connectivity index (χ4n) is 4.00. The smallest absolute Gasteiger partial charge is 0.336 e. The number of carboxylic acids is 1. The Balaban J connectivity index is 2.36. The molecule has 0 saturated heterocycles. The quantitative estimate of drug-likeness (QED) is 0.524. The Bertz CT molecular complexity index is 1130. The molecular weight excluding hydrogens is 400 g/mol. The molecular formula is C28H30O4. The van der Waals surface area contributed by atoms with E-state index >= 15 is 0 Å². The van der Waals surface area contributed by atoms with Gasteiger partial charge in [0.25, 0.3) is 0 Å². The highest BCUT2D eigenvalue weighted by atomic mass is 16.4. The lowest BCUT2D eigenvalue weighted by Gasteiger charge is -2.21. The van der Waals surface area contributed by atoms with Gasteiger partial charge in [0, 0.05) is 5.57 Å². The van der Waals surface area contributed by atoms with Crippen molar-refractivity contribution in [1.82, 2.24) is 0 Å². The first-order valence-electron chi connectivity index (χ1n) is 11.1. The number of aromatic hydroxyl groups is 1. The summed E-state index contributed by atoms with van der Waals surface area (Å²) in [7, 11) is 0. The van der Waals surface area contributed by atoms with E-state index in [1.165, 1.54) is 0 Å². The predicted molar refractivity (Wildman–Crippen MR) is 128 cm³/mol. The number of carboxylic acid groups (broad SMARTS) is 1. The van der Waals surface area contributed by atoms with Crippen molar-refractivity contribution in [3.63, 3.8) is 0 Å². The van der Waals surface area contributed by atoms with E-state index in [4.69, 9.17) is 0 Å². The molecule has 1 aliphatic carbocycles. The van der Waals surface area contributed by atoms with Gasteiger partial charge in [-0.15, -0.1) is 0 Å². The molecule has 166 valence electrons. The minimum Gasteiger partial charge on any atom is -0.508 e. The molecule has 0 aromatic heterocycles. The molecule has 2 aromatic rings. The highest BCUT2D eigenvalue weighted by Crippen LogP contribution is 2.37. The molecule has 0 bridgehead atoms. The standard InChI is InChI=1S/C28H30O4/c1-5-17(3)23-15-19(11-13-25(23)29)27(21-9-7-8-10-22(21)28(31)32)20-12-14-26(30)24(16-20)18(4)6-2/h7-18,29H,5-6H2,1-4H3,(H,31,32)/b27-20+. The van der Waals surface area contributed by atoms with E-state index in [1.807, 2.05) is 38.1 Å². The maximum atomic E-state index is 12.5. The largest absolute Gasteiger partial charge is 0.508 e. The van der Waals surface area contributed by atoms with Gasteiger partial charge in [-0.25, -0.2) is 4.79 Å². The van der Waals surface area contributed by atoms with Crippen LogP contribution in [0.2, 0.25) is 0 Å². The van der Waals surface area contributed by atoms with E-state index in [0.29, 0.717) is 5.56 Å². The van der Waals surface area contributed by atoms with Crippen molar-refractivity contribution < 1.29 is 19.8 Å².